The molecule has 2 rings (SSSR count). The molecule has 1 heterocycles. The van der Waals surface area contributed by atoms with Gasteiger partial charge in [-0.3, -0.25) is 0 Å². The van der Waals surface area contributed by atoms with Crippen molar-refractivity contribution >= 4 is 0 Å². The van der Waals surface area contributed by atoms with Gasteiger partial charge in [0.25, 0.3) is 0 Å². The molecule has 1 aliphatic rings. The fourth-order valence-corrected chi connectivity index (χ4v) is 1.90. The maximum Gasteiger partial charge on any atom is 0.123 e. The maximum absolute atomic E-state index is 6.15. The molecule has 0 amide bonds. The van der Waals surface area contributed by atoms with Crippen molar-refractivity contribution in [1.29, 1.82) is 0 Å². The molecular weight excluding hydrogens is 150 g/mol. The number of nitrogens with two attached hydrogens (primary N) is 1. The fraction of sp³-hybridized carbons (Fsp3) is 0.600. The lowest BCUT2D eigenvalue weighted by Gasteiger charge is -2.06. The van der Waals surface area contributed by atoms with Crippen molar-refractivity contribution in [2.24, 2.45) is 11.7 Å². The Labute approximate surface area is 72.7 Å². The highest BCUT2D eigenvalue weighted by Crippen LogP contribution is 2.52. The molecule has 1 saturated carbocycles. The highest BCUT2D eigenvalue weighted by molar-refractivity contribution is 5.22. The third kappa shape index (κ3) is 1.07. The first kappa shape index (κ1) is 7.87. The van der Waals surface area contributed by atoms with Gasteiger partial charge in [0.15, 0.2) is 0 Å². The molecule has 1 aromatic heterocycles. The molecule has 0 spiro atoms. The third-order valence-electron chi connectivity index (χ3n) is 2.77. The van der Waals surface area contributed by atoms with Crippen LogP contribution in [0.4, 0.5) is 0 Å². The third-order valence-corrected chi connectivity index (χ3v) is 2.77. The summed E-state index contributed by atoms with van der Waals surface area (Å²) in [4.78, 5) is 0. The van der Waals surface area contributed by atoms with Crippen molar-refractivity contribution in [3.63, 3.8) is 0 Å². The molecule has 2 atom stereocenters. The van der Waals surface area contributed by atoms with Crippen molar-refractivity contribution in [2.75, 3.05) is 0 Å². The summed E-state index contributed by atoms with van der Waals surface area (Å²) in [6.45, 7) is 2.20. The molecule has 2 N–H and O–H groups in total. The lowest BCUT2D eigenvalue weighted by molar-refractivity contribution is 0.430. The molecular formula is C10H15NO. The quantitative estimate of drug-likeness (QED) is 0.746. The van der Waals surface area contributed by atoms with Crippen molar-refractivity contribution in [3.05, 3.63) is 24.2 Å². The lowest BCUT2D eigenvalue weighted by Crippen LogP contribution is -2.21. The average molecular weight is 165 g/mol. The van der Waals surface area contributed by atoms with Gasteiger partial charge in [-0.1, -0.05) is 13.3 Å². The van der Waals surface area contributed by atoms with E-state index < -0.39 is 0 Å². The van der Waals surface area contributed by atoms with E-state index in [4.69, 9.17) is 10.2 Å². The molecule has 0 aliphatic heterocycles. The summed E-state index contributed by atoms with van der Waals surface area (Å²) < 4.78 is 5.31. The highest BCUT2D eigenvalue weighted by Gasteiger charge is 2.53. The predicted octanol–water partition coefficient (Wildman–Crippen LogP) is 2.25. The molecule has 2 nitrogen and oxygen atoms in total. The van der Waals surface area contributed by atoms with Gasteiger partial charge in [-0.25, -0.2) is 0 Å². The molecule has 66 valence electrons. The van der Waals surface area contributed by atoms with E-state index in [1.54, 1.807) is 6.26 Å². The van der Waals surface area contributed by atoms with Crippen LogP contribution >= 0.6 is 0 Å². The van der Waals surface area contributed by atoms with Crippen LogP contribution in [0, 0.1) is 5.92 Å². The minimum atomic E-state index is -0.125. The summed E-state index contributed by atoms with van der Waals surface area (Å²) in [6, 6.07) is 3.89. The standard InChI is InChI=1S/C10H15NO/c1-2-4-8-7-10(8,11)9-5-3-6-12-9/h3,5-6,8H,2,4,7,11H2,1H3. The summed E-state index contributed by atoms with van der Waals surface area (Å²) in [5.41, 5.74) is 6.02. The van der Waals surface area contributed by atoms with E-state index in [2.05, 4.69) is 6.92 Å². The summed E-state index contributed by atoms with van der Waals surface area (Å²) in [5.74, 6) is 1.61. The Bertz CT molecular complexity index is 255. The zero-order chi connectivity index (χ0) is 8.60. The van der Waals surface area contributed by atoms with Crippen LogP contribution in [-0.4, -0.2) is 0 Å². The monoisotopic (exact) mass is 165 g/mol. The average Bonchev–Trinajstić information content (AvgIpc) is 2.57. The second-order valence-corrected chi connectivity index (χ2v) is 3.71. The van der Waals surface area contributed by atoms with Gasteiger partial charge < -0.3 is 10.2 Å². The molecule has 0 aromatic carbocycles. The van der Waals surface area contributed by atoms with E-state index in [9.17, 15) is 0 Å². The van der Waals surface area contributed by atoms with Gasteiger partial charge in [-0.2, -0.15) is 0 Å². The van der Waals surface area contributed by atoms with Gasteiger partial charge in [-0.05, 0) is 30.9 Å². The molecule has 2 unspecified atom stereocenters. The van der Waals surface area contributed by atoms with Crippen molar-refractivity contribution in [2.45, 2.75) is 31.7 Å². The second kappa shape index (κ2) is 2.63. The molecule has 0 saturated heterocycles. The van der Waals surface area contributed by atoms with Gasteiger partial charge in [0.1, 0.15) is 5.76 Å². The van der Waals surface area contributed by atoms with Gasteiger partial charge >= 0.3 is 0 Å². The summed E-state index contributed by atoms with van der Waals surface area (Å²) >= 11 is 0. The van der Waals surface area contributed by atoms with Gasteiger partial charge in [0.2, 0.25) is 0 Å². The Morgan fingerprint density at radius 1 is 1.75 bits per heavy atom. The zero-order valence-corrected chi connectivity index (χ0v) is 7.42. The Morgan fingerprint density at radius 3 is 3.17 bits per heavy atom. The molecule has 1 aromatic rings. The van der Waals surface area contributed by atoms with E-state index >= 15 is 0 Å². The molecule has 0 radical (unpaired) electrons. The second-order valence-electron chi connectivity index (χ2n) is 3.71. The normalized spacial score (nSPS) is 33.7. The Balaban J connectivity index is 2.07. The largest absolute Gasteiger partial charge is 0.467 e. The van der Waals surface area contributed by atoms with E-state index in [1.165, 1.54) is 12.8 Å². The Kier molecular flexibility index (Phi) is 1.72. The minimum absolute atomic E-state index is 0.125. The summed E-state index contributed by atoms with van der Waals surface area (Å²) in [5, 5.41) is 0. The van der Waals surface area contributed by atoms with Crippen LogP contribution in [0.1, 0.15) is 31.9 Å². The molecule has 2 heteroatoms. The van der Waals surface area contributed by atoms with Crippen LogP contribution in [-0.2, 0) is 5.54 Å². The van der Waals surface area contributed by atoms with E-state index in [0.29, 0.717) is 5.92 Å². The number of furan rings is 1. The number of hydrogen-bond acceptors (Lipinski definition) is 2. The van der Waals surface area contributed by atoms with Crippen molar-refractivity contribution in [1.82, 2.24) is 0 Å². The fourth-order valence-electron chi connectivity index (χ4n) is 1.90. The first-order valence-corrected chi connectivity index (χ1v) is 4.60. The molecule has 1 aliphatic carbocycles. The SMILES string of the molecule is CCCC1CC1(N)c1ccco1. The van der Waals surface area contributed by atoms with Crippen molar-refractivity contribution < 1.29 is 4.42 Å². The van der Waals surface area contributed by atoms with Gasteiger partial charge in [0, 0.05) is 0 Å². The van der Waals surface area contributed by atoms with E-state index in [1.807, 2.05) is 12.1 Å². The topological polar surface area (TPSA) is 39.2 Å². The van der Waals surface area contributed by atoms with Gasteiger partial charge in [0.05, 0.1) is 11.8 Å². The smallest absolute Gasteiger partial charge is 0.123 e. The van der Waals surface area contributed by atoms with Crippen LogP contribution in [0.5, 0.6) is 0 Å². The zero-order valence-electron chi connectivity index (χ0n) is 7.42. The minimum Gasteiger partial charge on any atom is -0.467 e. The van der Waals surface area contributed by atoms with E-state index in [-0.39, 0.29) is 5.54 Å². The van der Waals surface area contributed by atoms with Crippen LogP contribution in [0.3, 0.4) is 0 Å². The maximum atomic E-state index is 6.15. The lowest BCUT2D eigenvalue weighted by atomic mass is 10.1. The van der Waals surface area contributed by atoms with Crippen LogP contribution in [0.2, 0.25) is 0 Å². The Morgan fingerprint density at radius 2 is 2.58 bits per heavy atom. The molecule has 1 fully saturated rings. The molecule has 12 heavy (non-hydrogen) atoms. The predicted molar refractivity (Wildman–Crippen MR) is 47.6 cm³/mol. The first-order valence-electron chi connectivity index (χ1n) is 4.60. The number of rotatable bonds is 3. The van der Waals surface area contributed by atoms with E-state index in [0.717, 1.165) is 12.2 Å². The first-order chi connectivity index (χ1) is 5.77. The summed E-state index contributed by atoms with van der Waals surface area (Å²) in [7, 11) is 0. The summed E-state index contributed by atoms with van der Waals surface area (Å²) in [6.07, 6.45) is 5.22. The van der Waals surface area contributed by atoms with Crippen LogP contribution in [0.15, 0.2) is 22.8 Å². The Hall–Kier alpha value is -0.760. The highest BCUT2D eigenvalue weighted by atomic mass is 16.3. The van der Waals surface area contributed by atoms with Crippen LogP contribution < -0.4 is 5.73 Å². The van der Waals surface area contributed by atoms with Crippen LogP contribution in [0.25, 0.3) is 0 Å². The molecule has 0 bridgehead atoms. The number of hydrogen-bond donors (Lipinski definition) is 1. The van der Waals surface area contributed by atoms with Gasteiger partial charge in [-0.15, -0.1) is 0 Å². The van der Waals surface area contributed by atoms with Crippen molar-refractivity contribution in [3.8, 4) is 0 Å².